The largest absolute Gasteiger partial charge is 0.389 e. The molecule has 1 heterocycles. The summed E-state index contributed by atoms with van der Waals surface area (Å²) in [5.41, 5.74) is 5.26. The highest BCUT2D eigenvalue weighted by molar-refractivity contribution is 7.80. The first-order chi connectivity index (χ1) is 9.78. The van der Waals surface area contributed by atoms with E-state index in [0.29, 0.717) is 12.0 Å². The Morgan fingerprint density at radius 2 is 2.14 bits per heavy atom. The molecule has 1 saturated heterocycles. The topological polar surface area (TPSA) is 75.4 Å². The standard InChI is InChI=1S/C14H16FN3O2S/c1-3-14(2)12(19)18(13(20)17-14)7-9-6-8(11(16)21)4-5-10(9)15/h4-6H,3,7H2,1-2H3,(H2,16,21)(H,17,20). The number of carbonyl (C=O) groups is 2. The maximum absolute atomic E-state index is 13.9. The zero-order valence-corrected chi connectivity index (χ0v) is 12.6. The monoisotopic (exact) mass is 309 g/mol. The highest BCUT2D eigenvalue weighted by Gasteiger charge is 2.46. The highest BCUT2D eigenvalue weighted by Crippen LogP contribution is 2.23. The van der Waals surface area contributed by atoms with E-state index in [1.807, 2.05) is 0 Å². The molecule has 0 saturated carbocycles. The Kier molecular flexibility index (Phi) is 3.95. The van der Waals surface area contributed by atoms with Crippen LogP contribution in [0.25, 0.3) is 0 Å². The van der Waals surface area contributed by atoms with Crippen LogP contribution < -0.4 is 11.1 Å². The number of thiocarbonyl (C=S) groups is 1. The molecule has 1 aromatic carbocycles. The molecule has 2 rings (SSSR count). The van der Waals surface area contributed by atoms with Crippen LogP contribution in [0.5, 0.6) is 0 Å². The molecule has 1 aliphatic rings. The predicted molar refractivity (Wildman–Crippen MR) is 80.1 cm³/mol. The van der Waals surface area contributed by atoms with Gasteiger partial charge in [-0.05, 0) is 31.5 Å². The number of nitrogens with one attached hydrogen (secondary N) is 1. The number of carbonyl (C=O) groups excluding carboxylic acids is 2. The summed E-state index contributed by atoms with van der Waals surface area (Å²) in [5.74, 6) is -0.879. The van der Waals surface area contributed by atoms with Crippen molar-refractivity contribution in [3.8, 4) is 0 Å². The summed E-state index contributed by atoms with van der Waals surface area (Å²) in [6.07, 6.45) is 0.462. The van der Waals surface area contributed by atoms with Gasteiger partial charge in [0, 0.05) is 11.1 Å². The van der Waals surface area contributed by atoms with E-state index in [1.165, 1.54) is 18.2 Å². The van der Waals surface area contributed by atoms with Crippen molar-refractivity contribution in [2.45, 2.75) is 32.4 Å². The fourth-order valence-corrected chi connectivity index (χ4v) is 2.28. The van der Waals surface area contributed by atoms with Gasteiger partial charge in [0.15, 0.2) is 0 Å². The van der Waals surface area contributed by atoms with Crippen LogP contribution in [0.15, 0.2) is 18.2 Å². The molecule has 0 bridgehead atoms. The number of rotatable bonds is 4. The molecule has 112 valence electrons. The first-order valence-corrected chi connectivity index (χ1v) is 6.91. The van der Waals surface area contributed by atoms with Gasteiger partial charge in [-0.15, -0.1) is 0 Å². The third-order valence-corrected chi connectivity index (χ3v) is 3.95. The molecule has 21 heavy (non-hydrogen) atoms. The molecule has 5 nitrogen and oxygen atoms in total. The molecule has 1 aliphatic heterocycles. The number of amides is 3. The zero-order chi connectivity index (χ0) is 15.8. The zero-order valence-electron chi connectivity index (χ0n) is 11.8. The van der Waals surface area contributed by atoms with E-state index in [9.17, 15) is 14.0 Å². The summed E-state index contributed by atoms with van der Waals surface area (Å²) in [4.78, 5) is 25.3. The molecule has 0 aromatic heterocycles. The lowest BCUT2D eigenvalue weighted by molar-refractivity contribution is -0.131. The number of urea groups is 1. The first kappa shape index (κ1) is 15.4. The number of nitrogens with zero attached hydrogens (tertiary/aromatic N) is 1. The van der Waals surface area contributed by atoms with Crippen LogP contribution in [-0.2, 0) is 11.3 Å². The summed E-state index contributed by atoms with van der Waals surface area (Å²) in [6, 6.07) is 3.62. The van der Waals surface area contributed by atoms with E-state index < -0.39 is 17.4 Å². The van der Waals surface area contributed by atoms with Crippen molar-refractivity contribution in [3.05, 3.63) is 35.1 Å². The lowest BCUT2D eigenvalue weighted by Crippen LogP contribution is -2.43. The molecule has 3 amide bonds. The normalized spacial score (nSPS) is 21.6. The second-order valence-corrected chi connectivity index (χ2v) is 5.62. The Bertz CT molecular complexity index is 635. The van der Waals surface area contributed by atoms with E-state index in [0.717, 1.165) is 4.90 Å². The molecule has 1 atom stereocenters. The average molecular weight is 309 g/mol. The first-order valence-electron chi connectivity index (χ1n) is 6.51. The van der Waals surface area contributed by atoms with Crippen molar-refractivity contribution < 1.29 is 14.0 Å². The van der Waals surface area contributed by atoms with Crippen molar-refractivity contribution in [1.29, 1.82) is 0 Å². The maximum Gasteiger partial charge on any atom is 0.325 e. The summed E-state index contributed by atoms with van der Waals surface area (Å²) >= 11 is 4.84. The fraction of sp³-hybridized carbons (Fsp3) is 0.357. The van der Waals surface area contributed by atoms with Crippen LogP contribution in [-0.4, -0.2) is 27.4 Å². The Morgan fingerprint density at radius 1 is 1.48 bits per heavy atom. The van der Waals surface area contributed by atoms with Gasteiger partial charge >= 0.3 is 6.03 Å². The molecule has 0 aliphatic carbocycles. The number of imide groups is 1. The molecule has 1 fully saturated rings. The van der Waals surface area contributed by atoms with Crippen LogP contribution in [0.1, 0.15) is 31.4 Å². The fourth-order valence-electron chi connectivity index (χ4n) is 2.15. The molecule has 1 aromatic rings. The molecule has 7 heteroatoms. The van der Waals surface area contributed by atoms with Crippen molar-refractivity contribution >= 4 is 29.1 Å². The lowest BCUT2D eigenvalue weighted by Gasteiger charge is -2.19. The van der Waals surface area contributed by atoms with E-state index in [4.69, 9.17) is 18.0 Å². The number of benzene rings is 1. The smallest absolute Gasteiger partial charge is 0.325 e. The molecule has 0 spiro atoms. The third kappa shape index (κ3) is 2.73. The van der Waals surface area contributed by atoms with Crippen LogP contribution in [0.3, 0.4) is 0 Å². The Hall–Kier alpha value is -2.02. The van der Waals surface area contributed by atoms with Crippen molar-refractivity contribution in [3.63, 3.8) is 0 Å². The number of halogens is 1. The van der Waals surface area contributed by atoms with Crippen LogP contribution in [0, 0.1) is 5.82 Å². The van der Waals surface area contributed by atoms with Gasteiger partial charge in [0.05, 0.1) is 6.54 Å². The maximum atomic E-state index is 13.9. The molecular formula is C14H16FN3O2S. The van der Waals surface area contributed by atoms with E-state index >= 15 is 0 Å². The van der Waals surface area contributed by atoms with Gasteiger partial charge in [-0.1, -0.05) is 19.1 Å². The second-order valence-electron chi connectivity index (χ2n) is 5.18. The van der Waals surface area contributed by atoms with Crippen molar-refractivity contribution in [1.82, 2.24) is 10.2 Å². The van der Waals surface area contributed by atoms with Gasteiger partial charge in [-0.3, -0.25) is 9.69 Å². The Labute approximate surface area is 127 Å². The third-order valence-electron chi connectivity index (χ3n) is 3.71. The van der Waals surface area contributed by atoms with Gasteiger partial charge in [0.25, 0.3) is 5.91 Å². The van der Waals surface area contributed by atoms with Gasteiger partial charge in [-0.25, -0.2) is 9.18 Å². The lowest BCUT2D eigenvalue weighted by atomic mass is 9.99. The summed E-state index contributed by atoms with van der Waals surface area (Å²) in [6.45, 7) is 3.30. The van der Waals surface area contributed by atoms with Crippen LogP contribution in [0.2, 0.25) is 0 Å². The molecule has 0 radical (unpaired) electrons. The second kappa shape index (κ2) is 5.40. The number of hydrogen-bond acceptors (Lipinski definition) is 3. The van der Waals surface area contributed by atoms with Gasteiger partial charge < -0.3 is 11.1 Å². The van der Waals surface area contributed by atoms with Crippen LogP contribution >= 0.6 is 12.2 Å². The minimum absolute atomic E-state index is 0.131. The SMILES string of the molecule is CCC1(C)NC(=O)N(Cc2cc(C(N)=S)ccc2F)C1=O. The molecule has 1 unspecified atom stereocenters. The molecule has 3 N–H and O–H groups in total. The van der Waals surface area contributed by atoms with Gasteiger partial charge in [0.1, 0.15) is 16.3 Å². The minimum Gasteiger partial charge on any atom is -0.389 e. The number of nitrogens with two attached hydrogens (primary N) is 1. The minimum atomic E-state index is -0.936. The Morgan fingerprint density at radius 3 is 2.67 bits per heavy atom. The number of hydrogen-bond donors (Lipinski definition) is 2. The van der Waals surface area contributed by atoms with Crippen LogP contribution in [0.4, 0.5) is 9.18 Å². The summed E-state index contributed by atoms with van der Waals surface area (Å²) < 4.78 is 13.9. The summed E-state index contributed by atoms with van der Waals surface area (Å²) in [5, 5.41) is 2.62. The predicted octanol–water partition coefficient (Wildman–Crippen LogP) is 1.68. The van der Waals surface area contributed by atoms with E-state index in [1.54, 1.807) is 13.8 Å². The van der Waals surface area contributed by atoms with Gasteiger partial charge in [0.2, 0.25) is 0 Å². The highest BCUT2D eigenvalue weighted by atomic mass is 32.1. The Balaban J connectivity index is 2.30. The van der Waals surface area contributed by atoms with Crippen molar-refractivity contribution in [2.75, 3.05) is 0 Å². The van der Waals surface area contributed by atoms with E-state index in [-0.39, 0.29) is 23.0 Å². The van der Waals surface area contributed by atoms with Crippen molar-refractivity contribution in [2.24, 2.45) is 5.73 Å². The average Bonchev–Trinajstić information content (AvgIpc) is 2.65. The van der Waals surface area contributed by atoms with E-state index in [2.05, 4.69) is 5.32 Å². The molecular weight excluding hydrogens is 293 g/mol. The quantitative estimate of drug-likeness (QED) is 0.655. The summed E-state index contributed by atoms with van der Waals surface area (Å²) in [7, 11) is 0. The van der Waals surface area contributed by atoms with Gasteiger partial charge in [-0.2, -0.15) is 0 Å².